The highest BCUT2D eigenvalue weighted by molar-refractivity contribution is 9.10. The molecule has 1 aromatic heterocycles. The van der Waals surface area contributed by atoms with Gasteiger partial charge in [0.25, 0.3) is 0 Å². The van der Waals surface area contributed by atoms with Crippen molar-refractivity contribution in [2.75, 3.05) is 11.9 Å². The number of anilines is 1. The van der Waals surface area contributed by atoms with Gasteiger partial charge in [-0.15, -0.1) is 0 Å². The molecule has 3 N–H and O–H groups in total. The highest BCUT2D eigenvalue weighted by Crippen LogP contribution is 2.45. The summed E-state index contributed by atoms with van der Waals surface area (Å²) in [6.07, 6.45) is 4.77. The van der Waals surface area contributed by atoms with Crippen LogP contribution in [0.1, 0.15) is 12.8 Å². The molecule has 1 heterocycles. The molecular weight excluding hydrogens is 260 g/mol. The van der Waals surface area contributed by atoms with Gasteiger partial charge in [0.1, 0.15) is 4.60 Å². The van der Waals surface area contributed by atoms with Crippen molar-refractivity contribution in [3.05, 3.63) is 17.0 Å². The zero-order valence-electron chi connectivity index (χ0n) is 8.03. The van der Waals surface area contributed by atoms with E-state index >= 15 is 0 Å². The Balaban J connectivity index is 2.03. The summed E-state index contributed by atoms with van der Waals surface area (Å²) < 4.78 is 0.639. The zero-order chi connectivity index (χ0) is 10.9. The number of amides is 1. The van der Waals surface area contributed by atoms with Gasteiger partial charge in [0.15, 0.2) is 5.82 Å². The third-order valence-corrected chi connectivity index (χ3v) is 3.00. The number of halogens is 1. The van der Waals surface area contributed by atoms with Gasteiger partial charge in [-0.25, -0.2) is 9.97 Å². The molecule has 1 aliphatic carbocycles. The molecule has 0 aliphatic heterocycles. The Morgan fingerprint density at radius 2 is 2.27 bits per heavy atom. The Bertz CT molecular complexity index is 374. The van der Waals surface area contributed by atoms with Gasteiger partial charge in [-0.05, 0) is 28.8 Å². The van der Waals surface area contributed by atoms with E-state index in [0.29, 0.717) is 17.0 Å². The molecule has 0 aromatic carbocycles. The van der Waals surface area contributed by atoms with Crippen molar-refractivity contribution in [3.63, 3.8) is 0 Å². The highest BCUT2D eigenvalue weighted by Gasteiger charge is 2.48. The van der Waals surface area contributed by atoms with E-state index in [1.165, 1.54) is 12.4 Å². The summed E-state index contributed by atoms with van der Waals surface area (Å²) in [5.74, 6) is 0.407. The number of nitrogens with one attached hydrogen (secondary N) is 1. The van der Waals surface area contributed by atoms with Gasteiger partial charge < -0.3 is 11.1 Å². The summed E-state index contributed by atoms with van der Waals surface area (Å²) in [5, 5.41) is 2.71. The van der Waals surface area contributed by atoms with Crippen LogP contribution >= 0.6 is 15.9 Å². The van der Waals surface area contributed by atoms with Gasteiger partial charge in [0.05, 0.1) is 17.8 Å². The Morgan fingerprint density at radius 3 is 2.73 bits per heavy atom. The first kappa shape index (κ1) is 10.5. The molecule has 2 rings (SSSR count). The maximum absolute atomic E-state index is 11.7. The molecule has 0 saturated heterocycles. The van der Waals surface area contributed by atoms with Crippen molar-refractivity contribution in [1.29, 1.82) is 0 Å². The van der Waals surface area contributed by atoms with E-state index in [4.69, 9.17) is 5.73 Å². The van der Waals surface area contributed by atoms with Crippen molar-refractivity contribution < 1.29 is 4.79 Å². The predicted molar refractivity (Wildman–Crippen MR) is 59.1 cm³/mol. The lowest BCUT2D eigenvalue weighted by Crippen LogP contribution is -2.31. The van der Waals surface area contributed by atoms with Crippen LogP contribution < -0.4 is 11.1 Å². The summed E-state index contributed by atoms with van der Waals surface area (Å²) in [4.78, 5) is 19.7. The van der Waals surface area contributed by atoms with E-state index in [2.05, 4.69) is 31.2 Å². The summed E-state index contributed by atoms with van der Waals surface area (Å²) in [6.45, 7) is 0.392. The molecule has 1 aliphatic rings. The zero-order valence-corrected chi connectivity index (χ0v) is 9.62. The molecule has 0 spiro atoms. The second-order valence-electron chi connectivity index (χ2n) is 3.66. The smallest absolute Gasteiger partial charge is 0.233 e. The molecule has 1 saturated carbocycles. The maximum Gasteiger partial charge on any atom is 0.233 e. The van der Waals surface area contributed by atoms with E-state index in [1.54, 1.807) is 0 Å². The molecule has 0 bridgehead atoms. The number of nitrogens with two attached hydrogens (primary N) is 1. The molecule has 1 aromatic rings. The summed E-state index contributed by atoms with van der Waals surface area (Å²) >= 11 is 3.17. The Labute approximate surface area is 95.6 Å². The SMILES string of the molecule is NCC1(C(=O)Nc2cnc(Br)cn2)CC1. The quantitative estimate of drug-likeness (QED) is 0.856. The number of hydrogen-bond donors (Lipinski definition) is 2. The average molecular weight is 271 g/mol. The first-order chi connectivity index (χ1) is 7.16. The predicted octanol–water partition coefficient (Wildman–Crippen LogP) is 0.916. The molecule has 15 heavy (non-hydrogen) atoms. The number of hydrogen-bond acceptors (Lipinski definition) is 4. The average Bonchev–Trinajstić information content (AvgIpc) is 3.02. The molecule has 1 amide bonds. The van der Waals surface area contributed by atoms with E-state index in [-0.39, 0.29) is 11.3 Å². The third-order valence-electron chi connectivity index (χ3n) is 2.59. The third kappa shape index (κ3) is 2.15. The molecule has 1 fully saturated rings. The van der Waals surface area contributed by atoms with Gasteiger partial charge >= 0.3 is 0 Å². The van der Waals surface area contributed by atoms with E-state index < -0.39 is 0 Å². The fraction of sp³-hybridized carbons (Fsp3) is 0.444. The molecule has 5 nitrogen and oxygen atoms in total. The van der Waals surface area contributed by atoms with Crippen molar-refractivity contribution in [1.82, 2.24) is 9.97 Å². The fourth-order valence-electron chi connectivity index (χ4n) is 1.30. The van der Waals surface area contributed by atoms with Crippen LogP contribution in [0, 0.1) is 5.41 Å². The van der Waals surface area contributed by atoms with Crippen LogP contribution in [0.5, 0.6) is 0 Å². The maximum atomic E-state index is 11.7. The normalized spacial score (nSPS) is 17.2. The van der Waals surface area contributed by atoms with E-state index in [9.17, 15) is 4.79 Å². The molecule has 0 unspecified atom stereocenters. The van der Waals surface area contributed by atoms with Crippen LogP contribution in [0.15, 0.2) is 17.0 Å². The van der Waals surface area contributed by atoms with Crippen LogP contribution in [-0.4, -0.2) is 22.4 Å². The van der Waals surface area contributed by atoms with Crippen LogP contribution in [0.4, 0.5) is 5.82 Å². The summed E-state index contributed by atoms with van der Waals surface area (Å²) in [5.41, 5.74) is 5.19. The molecule has 0 atom stereocenters. The van der Waals surface area contributed by atoms with Crippen molar-refractivity contribution in [3.8, 4) is 0 Å². The minimum atomic E-state index is -0.352. The first-order valence-electron chi connectivity index (χ1n) is 4.65. The summed E-state index contributed by atoms with van der Waals surface area (Å²) in [7, 11) is 0. The van der Waals surface area contributed by atoms with Gasteiger partial charge in [-0.1, -0.05) is 0 Å². The second-order valence-corrected chi connectivity index (χ2v) is 4.48. The lowest BCUT2D eigenvalue weighted by atomic mass is 10.1. The summed E-state index contributed by atoms with van der Waals surface area (Å²) in [6, 6.07) is 0. The number of carbonyl (C=O) groups excluding carboxylic acids is 1. The van der Waals surface area contributed by atoms with Gasteiger partial charge in [0, 0.05) is 6.54 Å². The van der Waals surface area contributed by atoms with Crippen molar-refractivity contribution in [2.45, 2.75) is 12.8 Å². The second kappa shape index (κ2) is 3.86. The van der Waals surface area contributed by atoms with E-state index in [0.717, 1.165) is 12.8 Å². The number of nitrogens with zero attached hydrogens (tertiary/aromatic N) is 2. The minimum Gasteiger partial charge on any atom is -0.329 e. The lowest BCUT2D eigenvalue weighted by Gasteiger charge is -2.11. The number of aromatic nitrogens is 2. The first-order valence-corrected chi connectivity index (χ1v) is 5.45. The van der Waals surface area contributed by atoms with E-state index in [1.807, 2.05) is 0 Å². The fourth-order valence-corrected chi connectivity index (χ4v) is 1.51. The molecule has 80 valence electrons. The van der Waals surface area contributed by atoms with Gasteiger partial charge in [0.2, 0.25) is 5.91 Å². The number of rotatable bonds is 3. The molecule has 6 heteroatoms. The number of carbonyl (C=O) groups is 1. The largest absolute Gasteiger partial charge is 0.329 e. The topological polar surface area (TPSA) is 80.9 Å². The van der Waals surface area contributed by atoms with Crippen LogP contribution in [0.2, 0.25) is 0 Å². The Kier molecular flexibility index (Phi) is 2.70. The van der Waals surface area contributed by atoms with Crippen LogP contribution in [0.3, 0.4) is 0 Å². The van der Waals surface area contributed by atoms with Crippen LogP contribution in [-0.2, 0) is 4.79 Å². The Morgan fingerprint density at radius 1 is 1.53 bits per heavy atom. The van der Waals surface area contributed by atoms with Crippen LogP contribution in [0.25, 0.3) is 0 Å². The van der Waals surface area contributed by atoms with Gasteiger partial charge in [-0.3, -0.25) is 4.79 Å². The van der Waals surface area contributed by atoms with Gasteiger partial charge in [-0.2, -0.15) is 0 Å². The standard InChI is InChI=1S/C9H11BrN4O/c10-6-3-13-7(4-12-6)14-8(15)9(5-11)1-2-9/h3-4H,1-2,5,11H2,(H,13,14,15). The Hall–Kier alpha value is -1.01. The lowest BCUT2D eigenvalue weighted by molar-refractivity contribution is -0.120. The molecular formula is C9H11BrN4O. The van der Waals surface area contributed by atoms with Crippen molar-refractivity contribution >= 4 is 27.7 Å². The molecule has 0 radical (unpaired) electrons. The minimum absolute atomic E-state index is 0.0541. The highest BCUT2D eigenvalue weighted by atomic mass is 79.9. The monoisotopic (exact) mass is 270 g/mol. The van der Waals surface area contributed by atoms with Crippen molar-refractivity contribution in [2.24, 2.45) is 11.1 Å².